The average molecular weight is 371 g/mol. The summed E-state index contributed by atoms with van der Waals surface area (Å²) in [6.45, 7) is 0.319. The van der Waals surface area contributed by atoms with Gasteiger partial charge < -0.3 is 9.64 Å². The van der Waals surface area contributed by atoms with Crippen LogP contribution in [0.25, 0.3) is 10.6 Å². The predicted octanol–water partition coefficient (Wildman–Crippen LogP) is 3.55. The van der Waals surface area contributed by atoms with E-state index >= 15 is 0 Å². The molecule has 0 aliphatic heterocycles. The number of pyridine rings is 1. The van der Waals surface area contributed by atoms with Crippen LogP contribution in [-0.4, -0.2) is 34.9 Å². The molecule has 26 heavy (non-hydrogen) atoms. The molecule has 7 heteroatoms. The molecule has 0 bridgehead atoms. The quantitative estimate of drug-likeness (QED) is 0.665. The molecule has 0 saturated heterocycles. The minimum Gasteiger partial charge on any atom is -0.494 e. The lowest BCUT2D eigenvalue weighted by Gasteiger charge is -2.17. The Labute approximate surface area is 155 Å². The number of aromatic nitrogens is 2. The summed E-state index contributed by atoms with van der Waals surface area (Å²) >= 11 is 1.48. The average Bonchev–Trinajstić information content (AvgIpc) is 3.11. The number of carbonyl (C=O) groups is 1. The van der Waals surface area contributed by atoms with E-state index in [0.717, 1.165) is 10.6 Å². The standard InChI is InChI=1S/C19H18FN3O2S/c1-23(11-13-5-6-17(25-2)16(20)8-13)18(24)9-15-12-26-19(22-15)14-4-3-7-21-10-14/h3-8,10,12H,9,11H2,1-2H3. The second kappa shape index (κ2) is 8.05. The number of hydrogen-bond acceptors (Lipinski definition) is 5. The zero-order valence-corrected chi connectivity index (χ0v) is 15.3. The highest BCUT2D eigenvalue weighted by atomic mass is 32.1. The van der Waals surface area contributed by atoms with Crippen LogP contribution in [0, 0.1) is 5.82 Å². The minimum absolute atomic E-state index is 0.0794. The Bertz CT molecular complexity index is 899. The van der Waals surface area contributed by atoms with E-state index in [1.54, 1.807) is 36.5 Å². The fourth-order valence-electron chi connectivity index (χ4n) is 2.47. The summed E-state index contributed by atoms with van der Waals surface area (Å²) in [4.78, 5) is 22.6. The maximum absolute atomic E-state index is 13.8. The van der Waals surface area contributed by atoms with E-state index < -0.39 is 5.82 Å². The minimum atomic E-state index is -0.438. The van der Waals surface area contributed by atoms with Gasteiger partial charge in [-0.05, 0) is 29.8 Å². The molecule has 2 heterocycles. The Morgan fingerprint density at radius 2 is 2.19 bits per heavy atom. The van der Waals surface area contributed by atoms with E-state index in [9.17, 15) is 9.18 Å². The van der Waals surface area contributed by atoms with Gasteiger partial charge in [0.2, 0.25) is 5.91 Å². The molecule has 5 nitrogen and oxygen atoms in total. The number of thiazole rings is 1. The number of ether oxygens (including phenoxy) is 1. The van der Waals surface area contributed by atoms with Crippen molar-refractivity contribution in [2.45, 2.75) is 13.0 Å². The number of nitrogens with zero attached hydrogens (tertiary/aromatic N) is 3. The number of carbonyl (C=O) groups excluding carboxylic acids is 1. The molecule has 0 unspecified atom stereocenters. The third-order valence-electron chi connectivity index (χ3n) is 3.85. The van der Waals surface area contributed by atoms with Gasteiger partial charge in [0.05, 0.1) is 19.2 Å². The van der Waals surface area contributed by atoms with Gasteiger partial charge in [0.25, 0.3) is 0 Å². The van der Waals surface area contributed by atoms with E-state index in [-0.39, 0.29) is 18.1 Å². The molecule has 0 N–H and O–H groups in total. The first-order valence-electron chi connectivity index (χ1n) is 7.98. The van der Waals surface area contributed by atoms with Crippen molar-refractivity contribution in [3.05, 3.63) is 65.2 Å². The van der Waals surface area contributed by atoms with Crippen molar-refractivity contribution in [1.29, 1.82) is 0 Å². The number of methoxy groups -OCH3 is 1. The summed E-state index contributed by atoms with van der Waals surface area (Å²) in [7, 11) is 3.11. The first-order chi connectivity index (χ1) is 12.6. The highest BCUT2D eigenvalue weighted by Gasteiger charge is 2.14. The van der Waals surface area contributed by atoms with E-state index in [0.29, 0.717) is 17.8 Å². The fraction of sp³-hybridized carbons (Fsp3) is 0.211. The molecule has 134 valence electrons. The molecule has 2 aromatic heterocycles. The van der Waals surface area contributed by atoms with Gasteiger partial charge in [-0.3, -0.25) is 9.78 Å². The lowest BCUT2D eigenvalue weighted by atomic mass is 10.2. The summed E-state index contributed by atoms with van der Waals surface area (Å²) in [6, 6.07) is 8.47. The topological polar surface area (TPSA) is 55.3 Å². The Kier molecular flexibility index (Phi) is 5.58. The number of likely N-dealkylation sites (N-methyl/N-ethyl adjacent to an activating group) is 1. The summed E-state index contributed by atoms with van der Waals surface area (Å²) < 4.78 is 18.7. The zero-order valence-electron chi connectivity index (χ0n) is 14.5. The van der Waals surface area contributed by atoms with Gasteiger partial charge >= 0.3 is 0 Å². The maximum atomic E-state index is 13.8. The molecule has 0 fully saturated rings. The van der Waals surface area contributed by atoms with Gasteiger partial charge in [0.15, 0.2) is 11.6 Å². The molecule has 0 radical (unpaired) electrons. The van der Waals surface area contributed by atoms with E-state index in [1.807, 2.05) is 17.5 Å². The molecular formula is C19H18FN3O2S. The van der Waals surface area contributed by atoms with Gasteiger partial charge in [0, 0.05) is 36.9 Å². The van der Waals surface area contributed by atoms with E-state index in [2.05, 4.69) is 9.97 Å². The first-order valence-corrected chi connectivity index (χ1v) is 8.86. The Morgan fingerprint density at radius 1 is 1.35 bits per heavy atom. The molecule has 0 aliphatic rings. The number of rotatable bonds is 6. The summed E-state index contributed by atoms with van der Waals surface area (Å²) in [6.07, 6.45) is 3.65. The van der Waals surface area contributed by atoms with Crippen LogP contribution in [0.4, 0.5) is 4.39 Å². The lowest BCUT2D eigenvalue weighted by Crippen LogP contribution is -2.27. The zero-order chi connectivity index (χ0) is 18.5. The third kappa shape index (κ3) is 4.23. The number of amides is 1. The van der Waals surface area contributed by atoms with E-state index in [4.69, 9.17) is 4.74 Å². The molecule has 0 saturated carbocycles. The number of halogens is 1. The van der Waals surface area contributed by atoms with Crippen molar-refractivity contribution in [3.63, 3.8) is 0 Å². The highest BCUT2D eigenvalue weighted by molar-refractivity contribution is 7.13. The van der Waals surface area contributed by atoms with Crippen LogP contribution < -0.4 is 4.74 Å². The highest BCUT2D eigenvalue weighted by Crippen LogP contribution is 2.23. The second-order valence-corrected chi connectivity index (χ2v) is 6.64. The first kappa shape index (κ1) is 18.0. The van der Waals surface area contributed by atoms with Crippen molar-refractivity contribution in [3.8, 4) is 16.3 Å². The summed E-state index contributed by atoms with van der Waals surface area (Å²) in [5, 5.41) is 2.71. The Balaban J connectivity index is 1.63. The van der Waals surface area contributed by atoms with Gasteiger partial charge in [0.1, 0.15) is 5.01 Å². The van der Waals surface area contributed by atoms with Crippen LogP contribution in [0.2, 0.25) is 0 Å². The third-order valence-corrected chi connectivity index (χ3v) is 4.79. The van der Waals surface area contributed by atoms with Crippen LogP contribution in [0.5, 0.6) is 5.75 Å². The molecular weight excluding hydrogens is 353 g/mol. The van der Waals surface area contributed by atoms with Crippen LogP contribution in [0.1, 0.15) is 11.3 Å². The largest absolute Gasteiger partial charge is 0.494 e. The smallest absolute Gasteiger partial charge is 0.228 e. The number of hydrogen-bond donors (Lipinski definition) is 0. The summed E-state index contributed by atoms with van der Waals surface area (Å²) in [5.41, 5.74) is 2.35. The van der Waals surface area contributed by atoms with Crippen molar-refractivity contribution in [1.82, 2.24) is 14.9 Å². The monoisotopic (exact) mass is 371 g/mol. The van der Waals surface area contributed by atoms with Gasteiger partial charge in [-0.2, -0.15) is 0 Å². The van der Waals surface area contributed by atoms with Crippen molar-refractivity contribution in [2.75, 3.05) is 14.2 Å². The van der Waals surface area contributed by atoms with Crippen molar-refractivity contribution >= 4 is 17.2 Å². The molecule has 1 amide bonds. The van der Waals surface area contributed by atoms with Crippen LogP contribution in [0.3, 0.4) is 0 Å². The van der Waals surface area contributed by atoms with Crippen molar-refractivity contribution < 1.29 is 13.9 Å². The Morgan fingerprint density at radius 3 is 2.88 bits per heavy atom. The number of benzene rings is 1. The molecule has 3 aromatic rings. The van der Waals surface area contributed by atoms with Crippen molar-refractivity contribution in [2.24, 2.45) is 0 Å². The maximum Gasteiger partial charge on any atom is 0.228 e. The SMILES string of the molecule is COc1ccc(CN(C)C(=O)Cc2csc(-c3cccnc3)n2)cc1F. The lowest BCUT2D eigenvalue weighted by molar-refractivity contribution is -0.129. The van der Waals surface area contributed by atoms with Crippen LogP contribution in [-0.2, 0) is 17.8 Å². The van der Waals surface area contributed by atoms with Gasteiger partial charge in [-0.1, -0.05) is 6.07 Å². The van der Waals surface area contributed by atoms with Crippen LogP contribution in [0.15, 0.2) is 48.1 Å². The van der Waals surface area contributed by atoms with Gasteiger partial charge in [-0.15, -0.1) is 11.3 Å². The normalized spacial score (nSPS) is 10.6. The van der Waals surface area contributed by atoms with Crippen LogP contribution >= 0.6 is 11.3 Å². The molecule has 3 rings (SSSR count). The molecule has 0 aliphatic carbocycles. The Hall–Kier alpha value is -2.80. The predicted molar refractivity (Wildman–Crippen MR) is 98.5 cm³/mol. The molecule has 0 atom stereocenters. The summed E-state index contributed by atoms with van der Waals surface area (Å²) in [5.74, 6) is -0.330. The molecule has 0 spiro atoms. The fourth-order valence-corrected chi connectivity index (χ4v) is 3.28. The van der Waals surface area contributed by atoms with E-state index in [1.165, 1.54) is 24.5 Å². The molecule has 1 aromatic carbocycles. The second-order valence-electron chi connectivity index (χ2n) is 5.78. The van der Waals surface area contributed by atoms with Gasteiger partial charge in [-0.25, -0.2) is 9.37 Å².